The first kappa shape index (κ1) is 14.1. The van der Waals surface area contributed by atoms with Gasteiger partial charge in [-0.25, -0.2) is 0 Å². The second-order valence-corrected chi connectivity index (χ2v) is 6.60. The molecule has 0 aromatic carbocycles. The summed E-state index contributed by atoms with van der Waals surface area (Å²) in [6.45, 7) is 0. The quantitative estimate of drug-likeness (QED) is 0.806. The van der Waals surface area contributed by atoms with Crippen LogP contribution >= 0.6 is 11.3 Å². The van der Waals surface area contributed by atoms with Crippen molar-refractivity contribution in [3.05, 3.63) is 17.6 Å². The van der Waals surface area contributed by atoms with Crippen molar-refractivity contribution in [1.82, 2.24) is 4.98 Å². The molecule has 112 valence electrons. The zero-order valence-electron chi connectivity index (χ0n) is 11.7. The number of fused-ring (bicyclic) bond motifs is 1. The molecule has 1 fully saturated rings. The van der Waals surface area contributed by atoms with Gasteiger partial charge < -0.3 is 16.2 Å². The van der Waals surface area contributed by atoms with Gasteiger partial charge >= 0.3 is 5.97 Å². The third kappa shape index (κ3) is 3.10. The number of carbonyl (C=O) groups is 1. The maximum atomic E-state index is 10.8. The molecule has 21 heavy (non-hydrogen) atoms. The van der Waals surface area contributed by atoms with Crippen LogP contribution < -0.4 is 11.1 Å². The smallest absolute Gasteiger partial charge is 0.303 e. The Balaban J connectivity index is 1.68. The topological polar surface area (TPSA) is 88.2 Å². The van der Waals surface area contributed by atoms with E-state index in [1.807, 2.05) is 11.4 Å². The van der Waals surface area contributed by atoms with E-state index >= 15 is 0 Å². The predicted molar refractivity (Wildman–Crippen MR) is 85.7 cm³/mol. The van der Waals surface area contributed by atoms with Gasteiger partial charge in [-0.1, -0.05) is 0 Å². The number of nitrogens with zero attached hydrogens (tertiary/aromatic N) is 1. The highest BCUT2D eigenvalue weighted by Gasteiger charge is 2.23. The number of nitrogen functional groups attached to an aromatic ring is 1. The zero-order chi connectivity index (χ0) is 14.8. The lowest BCUT2D eigenvalue weighted by atomic mass is 9.84. The van der Waals surface area contributed by atoms with E-state index in [4.69, 9.17) is 10.8 Å². The van der Waals surface area contributed by atoms with Gasteiger partial charge in [-0.3, -0.25) is 9.78 Å². The van der Waals surface area contributed by atoms with Crippen LogP contribution in [-0.4, -0.2) is 22.1 Å². The highest BCUT2D eigenvalue weighted by molar-refractivity contribution is 7.17. The molecule has 3 rings (SSSR count). The molecular weight excluding hydrogens is 286 g/mol. The lowest BCUT2D eigenvalue weighted by molar-refractivity contribution is -0.138. The van der Waals surface area contributed by atoms with Crippen LogP contribution in [0.5, 0.6) is 0 Å². The predicted octanol–water partition coefficient (Wildman–Crippen LogP) is 3.32. The number of hydrogen-bond acceptors (Lipinski definition) is 5. The summed E-state index contributed by atoms with van der Waals surface area (Å²) < 4.78 is 1.10. The molecule has 2 aromatic heterocycles. The van der Waals surface area contributed by atoms with Crippen molar-refractivity contribution in [1.29, 1.82) is 0 Å². The molecule has 2 aromatic rings. The highest BCUT2D eigenvalue weighted by atomic mass is 32.1. The zero-order valence-corrected chi connectivity index (χ0v) is 12.5. The van der Waals surface area contributed by atoms with E-state index in [0.717, 1.165) is 41.6 Å². The maximum Gasteiger partial charge on any atom is 0.303 e. The molecule has 0 unspecified atom stereocenters. The van der Waals surface area contributed by atoms with Crippen LogP contribution in [0.25, 0.3) is 10.2 Å². The van der Waals surface area contributed by atoms with Crippen molar-refractivity contribution in [2.45, 2.75) is 38.1 Å². The average molecular weight is 305 g/mol. The van der Waals surface area contributed by atoms with Crippen molar-refractivity contribution in [3.8, 4) is 0 Å². The second kappa shape index (κ2) is 5.89. The molecule has 1 saturated carbocycles. The first-order valence-corrected chi connectivity index (χ1v) is 8.11. The average Bonchev–Trinajstić information content (AvgIpc) is 2.92. The molecule has 0 spiro atoms. The number of thiophene rings is 1. The molecule has 4 N–H and O–H groups in total. The lowest BCUT2D eigenvalue weighted by Gasteiger charge is -2.29. The van der Waals surface area contributed by atoms with Gasteiger partial charge in [-0.15, -0.1) is 11.3 Å². The summed E-state index contributed by atoms with van der Waals surface area (Å²) in [4.78, 5) is 15.1. The Kier molecular flexibility index (Phi) is 3.96. The van der Waals surface area contributed by atoms with E-state index in [1.165, 1.54) is 0 Å². The first-order chi connectivity index (χ1) is 10.1. The van der Waals surface area contributed by atoms with Crippen molar-refractivity contribution in [3.63, 3.8) is 0 Å². The first-order valence-electron chi connectivity index (χ1n) is 7.23. The SMILES string of the molecule is Nc1cnc2ccsc2c1N[C@H]1CC[C@H](CC(=O)O)CC1. The molecule has 0 saturated heterocycles. The Morgan fingerprint density at radius 1 is 1.43 bits per heavy atom. The molecule has 0 radical (unpaired) electrons. The molecule has 0 atom stereocenters. The van der Waals surface area contributed by atoms with Crippen molar-refractivity contribution in [2.24, 2.45) is 5.92 Å². The van der Waals surface area contributed by atoms with Gasteiger partial charge in [-0.05, 0) is 43.0 Å². The fourth-order valence-electron chi connectivity index (χ4n) is 3.04. The van der Waals surface area contributed by atoms with Crippen LogP contribution in [-0.2, 0) is 4.79 Å². The van der Waals surface area contributed by atoms with E-state index < -0.39 is 5.97 Å². The molecule has 2 heterocycles. The van der Waals surface area contributed by atoms with Crippen molar-refractivity contribution >= 4 is 38.9 Å². The Morgan fingerprint density at radius 2 is 2.19 bits per heavy atom. The third-order valence-corrected chi connectivity index (χ3v) is 5.08. The number of nitrogens with two attached hydrogens (primary N) is 1. The van der Waals surface area contributed by atoms with Crippen LogP contribution in [0.3, 0.4) is 0 Å². The monoisotopic (exact) mass is 305 g/mol. The number of pyridine rings is 1. The van der Waals surface area contributed by atoms with Gasteiger partial charge in [0.25, 0.3) is 0 Å². The van der Waals surface area contributed by atoms with E-state index in [0.29, 0.717) is 24.1 Å². The molecule has 1 aliphatic rings. The summed E-state index contributed by atoms with van der Waals surface area (Å²) >= 11 is 1.64. The fourth-order valence-corrected chi connectivity index (χ4v) is 3.91. The number of hydrogen-bond donors (Lipinski definition) is 3. The molecular formula is C15H19N3O2S. The minimum absolute atomic E-state index is 0.291. The summed E-state index contributed by atoms with van der Waals surface area (Å²) in [5.41, 5.74) is 8.69. The number of nitrogens with one attached hydrogen (secondary N) is 1. The summed E-state index contributed by atoms with van der Waals surface area (Å²) in [6, 6.07) is 2.36. The molecule has 0 aliphatic heterocycles. The van der Waals surface area contributed by atoms with Gasteiger partial charge in [0.15, 0.2) is 0 Å². The number of aliphatic carboxylic acids is 1. The molecule has 0 bridgehead atoms. The molecule has 5 nitrogen and oxygen atoms in total. The second-order valence-electron chi connectivity index (χ2n) is 5.68. The Bertz CT molecular complexity index is 647. The van der Waals surface area contributed by atoms with Crippen LogP contribution in [0.4, 0.5) is 11.4 Å². The van der Waals surface area contributed by atoms with Gasteiger partial charge in [0, 0.05) is 12.5 Å². The minimum atomic E-state index is -0.690. The number of anilines is 2. The summed E-state index contributed by atoms with van der Waals surface area (Å²) in [5, 5.41) is 14.4. The molecule has 0 amide bonds. The van der Waals surface area contributed by atoms with Gasteiger partial charge in [0.05, 0.1) is 27.8 Å². The number of carboxylic acid groups (broad SMARTS) is 1. The summed E-state index contributed by atoms with van der Waals surface area (Å²) in [5.74, 6) is -0.373. The normalized spacial score (nSPS) is 22.3. The van der Waals surface area contributed by atoms with E-state index in [-0.39, 0.29) is 0 Å². The Morgan fingerprint density at radius 3 is 2.90 bits per heavy atom. The highest BCUT2D eigenvalue weighted by Crippen LogP contribution is 2.35. The van der Waals surface area contributed by atoms with E-state index in [2.05, 4.69) is 10.3 Å². The van der Waals surface area contributed by atoms with Crippen LogP contribution in [0.15, 0.2) is 17.6 Å². The van der Waals surface area contributed by atoms with Gasteiger partial charge in [0.1, 0.15) is 0 Å². The molecule has 6 heteroatoms. The number of carboxylic acids is 1. The number of aromatic nitrogens is 1. The largest absolute Gasteiger partial charge is 0.481 e. The minimum Gasteiger partial charge on any atom is -0.481 e. The lowest BCUT2D eigenvalue weighted by Crippen LogP contribution is -2.27. The van der Waals surface area contributed by atoms with Crippen LogP contribution in [0, 0.1) is 5.92 Å². The Labute approximate surface area is 127 Å². The maximum absolute atomic E-state index is 10.8. The van der Waals surface area contributed by atoms with Gasteiger partial charge in [0.2, 0.25) is 0 Å². The Hall–Kier alpha value is -1.82. The third-order valence-electron chi connectivity index (χ3n) is 4.16. The van der Waals surface area contributed by atoms with Crippen LogP contribution in [0.1, 0.15) is 32.1 Å². The van der Waals surface area contributed by atoms with E-state index in [9.17, 15) is 4.79 Å². The fraction of sp³-hybridized carbons (Fsp3) is 0.467. The summed E-state index contributed by atoms with van der Waals surface area (Å²) in [6.07, 6.45) is 5.90. The van der Waals surface area contributed by atoms with Crippen LogP contribution in [0.2, 0.25) is 0 Å². The van der Waals surface area contributed by atoms with Crippen molar-refractivity contribution in [2.75, 3.05) is 11.1 Å². The molecule has 1 aliphatic carbocycles. The van der Waals surface area contributed by atoms with Gasteiger partial charge in [-0.2, -0.15) is 0 Å². The van der Waals surface area contributed by atoms with E-state index in [1.54, 1.807) is 17.5 Å². The number of rotatable bonds is 4. The summed E-state index contributed by atoms with van der Waals surface area (Å²) in [7, 11) is 0. The van der Waals surface area contributed by atoms with Crippen molar-refractivity contribution < 1.29 is 9.90 Å². The standard InChI is InChI=1S/C15H19N3O2S/c16-11-8-17-12-5-6-21-15(12)14(11)18-10-3-1-9(2-4-10)7-13(19)20/h5-6,8-10H,1-4,7,16H2,(H,17,18)(H,19,20)/t9-,10-.